The highest BCUT2D eigenvalue weighted by molar-refractivity contribution is 9.10. The van der Waals surface area contributed by atoms with Crippen molar-refractivity contribution in [3.05, 3.63) is 102 Å². The van der Waals surface area contributed by atoms with Gasteiger partial charge in [0.1, 0.15) is 5.75 Å². The molecule has 1 N–H and O–H groups in total. The highest BCUT2D eigenvalue weighted by Gasteiger charge is 2.17. The molecule has 0 aliphatic carbocycles. The van der Waals surface area contributed by atoms with Crippen LogP contribution in [0.4, 0.5) is 5.69 Å². The second-order valence-corrected chi connectivity index (χ2v) is 9.83. The molecule has 4 nitrogen and oxygen atoms in total. The molecule has 0 unspecified atom stereocenters. The van der Waals surface area contributed by atoms with Crippen LogP contribution < -0.4 is 10.1 Å². The molecule has 6 aromatic rings. The van der Waals surface area contributed by atoms with Crippen LogP contribution >= 0.6 is 15.9 Å². The Balaban J connectivity index is 1.71. The molecule has 0 bridgehead atoms. The van der Waals surface area contributed by atoms with E-state index in [2.05, 4.69) is 57.6 Å². The van der Waals surface area contributed by atoms with Crippen LogP contribution in [0.1, 0.15) is 6.92 Å². The number of hydrogen-bond acceptors (Lipinski definition) is 3. The first-order chi connectivity index (χ1) is 18.0. The number of ether oxygens (including phenoxy) is 1. The summed E-state index contributed by atoms with van der Waals surface area (Å²) in [5.74, 6) is 0.711. The second-order valence-electron chi connectivity index (χ2n) is 8.97. The summed E-state index contributed by atoms with van der Waals surface area (Å²) in [6, 6.07) is 32.9. The Kier molecular flexibility index (Phi) is 5.85. The first-order valence-electron chi connectivity index (χ1n) is 12.0. The van der Waals surface area contributed by atoms with Crippen molar-refractivity contribution < 1.29 is 9.53 Å². The summed E-state index contributed by atoms with van der Waals surface area (Å²) in [4.78, 5) is 17.0. The van der Waals surface area contributed by atoms with Crippen molar-refractivity contribution in [2.75, 3.05) is 12.4 Å². The minimum absolute atomic E-state index is 0.0931. The molecular weight excluding hydrogens is 524 g/mol. The van der Waals surface area contributed by atoms with Crippen LogP contribution in [0.25, 0.3) is 54.8 Å². The number of hydrogen-bond donors (Lipinski definition) is 1. The predicted octanol–water partition coefficient (Wildman–Crippen LogP) is 8.60. The number of halogens is 1. The quantitative estimate of drug-likeness (QED) is 0.225. The van der Waals surface area contributed by atoms with Crippen molar-refractivity contribution in [3.8, 4) is 28.1 Å². The molecule has 37 heavy (non-hydrogen) atoms. The number of fused-ring (bicyclic) bond motifs is 4. The second kappa shape index (κ2) is 9.34. The Labute approximate surface area is 223 Å². The summed E-state index contributed by atoms with van der Waals surface area (Å²) < 4.78 is 6.39. The first-order valence-corrected chi connectivity index (χ1v) is 12.8. The third-order valence-corrected chi connectivity index (χ3v) is 7.34. The van der Waals surface area contributed by atoms with Crippen LogP contribution in [-0.2, 0) is 4.79 Å². The maximum atomic E-state index is 11.9. The molecule has 0 atom stereocenters. The number of benzene rings is 5. The van der Waals surface area contributed by atoms with Crippen LogP contribution in [0.3, 0.4) is 0 Å². The molecule has 0 radical (unpaired) electrons. The van der Waals surface area contributed by atoms with Crippen molar-refractivity contribution in [2.45, 2.75) is 6.92 Å². The lowest BCUT2D eigenvalue weighted by Gasteiger charge is -2.16. The van der Waals surface area contributed by atoms with Gasteiger partial charge in [-0.2, -0.15) is 0 Å². The number of carbonyl (C=O) groups excluding carboxylic acids is 1. The maximum absolute atomic E-state index is 11.9. The van der Waals surface area contributed by atoms with Gasteiger partial charge in [0.05, 0.1) is 18.3 Å². The molecule has 5 aromatic carbocycles. The molecule has 0 aliphatic rings. The van der Waals surface area contributed by atoms with E-state index in [0.29, 0.717) is 0 Å². The monoisotopic (exact) mass is 546 g/mol. The van der Waals surface area contributed by atoms with Gasteiger partial charge in [-0.15, -0.1) is 0 Å². The molecule has 1 amide bonds. The van der Waals surface area contributed by atoms with Gasteiger partial charge in [-0.05, 0) is 64.4 Å². The van der Waals surface area contributed by atoms with Gasteiger partial charge in [-0.1, -0.05) is 70.5 Å². The van der Waals surface area contributed by atoms with Crippen LogP contribution in [0, 0.1) is 0 Å². The number of methoxy groups -OCH3 is 1. The van der Waals surface area contributed by atoms with E-state index in [1.54, 1.807) is 7.11 Å². The van der Waals surface area contributed by atoms with Gasteiger partial charge in [-0.25, -0.2) is 4.98 Å². The van der Waals surface area contributed by atoms with Gasteiger partial charge in [-0.3, -0.25) is 4.79 Å². The number of rotatable bonds is 4. The summed E-state index contributed by atoms with van der Waals surface area (Å²) in [7, 11) is 1.67. The molecule has 0 fully saturated rings. The number of anilines is 1. The summed E-state index contributed by atoms with van der Waals surface area (Å²) >= 11 is 3.80. The Morgan fingerprint density at radius 3 is 2.14 bits per heavy atom. The molecule has 0 aliphatic heterocycles. The Hall–Kier alpha value is -4.22. The highest BCUT2D eigenvalue weighted by atomic mass is 79.9. The van der Waals surface area contributed by atoms with Crippen LogP contribution in [0.15, 0.2) is 102 Å². The van der Waals surface area contributed by atoms with Crippen LogP contribution in [0.5, 0.6) is 5.75 Å². The van der Waals surface area contributed by atoms with Crippen LogP contribution in [-0.4, -0.2) is 18.0 Å². The van der Waals surface area contributed by atoms with Gasteiger partial charge in [0.25, 0.3) is 0 Å². The Morgan fingerprint density at radius 1 is 0.757 bits per heavy atom. The van der Waals surface area contributed by atoms with E-state index >= 15 is 0 Å². The smallest absolute Gasteiger partial charge is 0.221 e. The fraction of sp³-hybridized carbons (Fsp3) is 0.0625. The zero-order valence-corrected chi connectivity index (χ0v) is 22.0. The molecule has 1 aromatic heterocycles. The minimum Gasteiger partial charge on any atom is -0.497 e. The largest absolute Gasteiger partial charge is 0.497 e. The van der Waals surface area contributed by atoms with E-state index in [0.717, 1.165) is 70.7 Å². The summed E-state index contributed by atoms with van der Waals surface area (Å²) in [6.07, 6.45) is 0. The number of aromatic nitrogens is 1. The Bertz CT molecular complexity index is 1830. The van der Waals surface area contributed by atoms with Gasteiger partial charge in [0.15, 0.2) is 0 Å². The average molecular weight is 547 g/mol. The minimum atomic E-state index is -0.0931. The molecule has 0 saturated heterocycles. The molecule has 1 heterocycles. The summed E-state index contributed by atoms with van der Waals surface area (Å²) in [6.45, 7) is 1.53. The van der Waals surface area contributed by atoms with Gasteiger partial charge >= 0.3 is 0 Å². The summed E-state index contributed by atoms with van der Waals surface area (Å²) in [5, 5.41) is 8.29. The lowest BCUT2D eigenvalue weighted by atomic mass is 9.92. The van der Waals surface area contributed by atoms with Crippen molar-refractivity contribution in [1.82, 2.24) is 4.98 Å². The van der Waals surface area contributed by atoms with E-state index < -0.39 is 0 Å². The van der Waals surface area contributed by atoms with Crippen molar-refractivity contribution >= 4 is 60.0 Å². The standard InChI is InChI=1S/C32H23BrN2O2/c1-19(36)34-30-16-15-23(22-7-3-5-9-25(22)30)27-18-31(20-11-13-21(37-2)14-12-20)35-32-26-10-6-4-8-24(26)29(33)17-28(27)32/h3-18H,1-2H3,(H,34,36). The average Bonchev–Trinajstić information content (AvgIpc) is 2.93. The zero-order valence-electron chi connectivity index (χ0n) is 20.4. The number of nitrogens with zero attached hydrogens (tertiary/aromatic N) is 1. The lowest BCUT2D eigenvalue weighted by molar-refractivity contribution is -0.114. The molecule has 6 rings (SSSR count). The molecular formula is C32H23BrN2O2. The van der Waals surface area contributed by atoms with E-state index in [4.69, 9.17) is 9.72 Å². The third kappa shape index (κ3) is 4.11. The SMILES string of the molecule is COc1ccc(-c2cc(-c3ccc(NC(C)=O)c4ccccc34)c3cc(Br)c4ccccc4c3n2)cc1. The number of pyridine rings is 1. The number of amides is 1. The van der Waals surface area contributed by atoms with Crippen molar-refractivity contribution in [1.29, 1.82) is 0 Å². The van der Waals surface area contributed by atoms with Crippen molar-refractivity contribution in [2.24, 2.45) is 0 Å². The van der Waals surface area contributed by atoms with E-state index in [-0.39, 0.29) is 5.91 Å². The normalized spacial score (nSPS) is 11.2. The highest BCUT2D eigenvalue weighted by Crippen LogP contribution is 2.41. The topological polar surface area (TPSA) is 51.2 Å². The first kappa shape index (κ1) is 23.2. The van der Waals surface area contributed by atoms with Gasteiger partial charge in [0.2, 0.25) is 5.91 Å². The van der Waals surface area contributed by atoms with Gasteiger partial charge in [0, 0.05) is 38.8 Å². The fourth-order valence-corrected chi connectivity index (χ4v) is 5.55. The van der Waals surface area contributed by atoms with E-state index in [9.17, 15) is 4.79 Å². The third-order valence-electron chi connectivity index (χ3n) is 6.68. The summed E-state index contributed by atoms with van der Waals surface area (Å²) in [5.41, 5.74) is 5.79. The Morgan fingerprint density at radius 2 is 1.43 bits per heavy atom. The maximum Gasteiger partial charge on any atom is 0.221 e. The fourth-order valence-electron chi connectivity index (χ4n) is 4.97. The lowest BCUT2D eigenvalue weighted by Crippen LogP contribution is -2.06. The predicted molar refractivity (Wildman–Crippen MR) is 156 cm³/mol. The van der Waals surface area contributed by atoms with E-state index in [1.165, 1.54) is 6.92 Å². The van der Waals surface area contributed by atoms with E-state index in [1.807, 2.05) is 60.7 Å². The van der Waals surface area contributed by atoms with Crippen molar-refractivity contribution in [3.63, 3.8) is 0 Å². The van der Waals surface area contributed by atoms with Gasteiger partial charge < -0.3 is 10.1 Å². The number of nitrogens with one attached hydrogen (secondary N) is 1. The molecule has 0 spiro atoms. The van der Waals surface area contributed by atoms with Crippen LogP contribution in [0.2, 0.25) is 0 Å². The molecule has 180 valence electrons. The molecule has 5 heteroatoms. The zero-order chi connectivity index (χ0) is 25.5. The molecule has 0 saturated carbocycles. The number of carbonyl (C=O) groups is 1.